The summed E-state index contributed by atoms with van der Waals surface area (Å²) in [5, 5.41) is 0. The molecule has 2 heteroatoms. The van der Waals surface area contributed by atoms with Gasteiger partial charge in [-0.15, -0.1) is 0 Å². The highest BCUT2D eigenvalue weighted by Gasteiger charge is 2.13. The van der Waals surface area contributed by atoms with E-state index in [2.05, 4.69) is 89.9 Å². The van der Waals surface area contributed by atoms with E-state index in [9.17, 15) is 0 Å². The Morgan fingerprint density at radius 3 is 2.25 bits per heavy atom. The van der Waals surface area contributed by atoms with E-state index in [0.29, 0.717) is 0 Å². The fourth-order valence-electron chi connectivity index (χ4n) is 2.53. The van der Waals surface area contributed by atoms with Crippen molar-refractivity contribution in [2.45, 2.75) is 26.7 Å². The maximum Gasteiger partial charge on any atom is 0.0443 e. The summed E-state index contributed by atoms with van der Waals surface area (Å²) in [7, 11) is 0. The van der Waals surface area contributed by atoms with Crippen LogP contribution in [0.4, 0.5) is 11.4 Å². The quantitative estimate of drug-likeness (QED) is 0.472. The number of aryl methyl sites for hydroxylation is 2. The van der Waals surface area contributed by atoms with Gasteiger partial charge in [-0.05, 0) is 43.0 Å². The van der Waals surface area contributed by atoms with Crippen LogP contribution in [-0.2, 0) is 6.42 Å². The van der Waals surface area contributed by atoms with Gasteiger partial charge in [-0.2, -0.15) is 0 Å². The lowest BCUT2D eigenvalue weighted by molar-refractivity contribution is 0.891. The van der Waals surface area contributed by atoms with Crippen LogP contribution in [0.15, 0.2) is 48.5 Å². The third-order valence-corrected chi connectivity index (χ3v) is 4.35. The van der Waals surface area contributed by atoms with Crippen molar-refractivity contribution >= 4 is 34.0 Å². The number of para-hydroxylation sites is 2. The summed E-state index contributed by atoms with van der Waals surface area (Å²) >= 11 is 2.46. The zero-order valence-corrected chi connectivity index (χ0v) is 14.4. The molecule has 0 aromatic heterocycles. The molecular formula is C18H22IN. The molecule has 0 fully saturated rings. The van der Waals surface area contributed by atoms with Gasteiger partial charge in [0.2, 0.25) is 0 Å². The predicted molar refractivity (Wildman–Crippen MR) is 97.5 cm³/mol. The van der Waals surface area contributed by atoms with Crippen LogP contribution < -0.4 is 4.90 Å². The van der Waals surface area contributed by atoms with Crippen LogP contribution >= 0.6 is 22.6 Å². The fraction of sp³-hybridized carbons (Fsp3) is 0.333. The molecule has 0 saturated carbocycles. The van der Waals surface area contributed by atoms with Crippen molar-refractivity contribution in [3.63, 3.8) is 0 Å². The number of nitrogens with zero attached hydrogens (tertiary/aromatic N) is 1. The number of anilines is 2. The summed E-state index contributed by atoms with van der Waals surface area (Å²) in [4.78, 5) is 2.48. The Morgan fingerprint density at radius 2 is 1.60 bits per heavy atom. The van der Waals surface area contributed by atoms with Crippen molar-refractivity contribution in [1.29, 1.82) is 0 Å². The third kappa shape index (κ3) is 3.54. The van der Waals surface area contributed by atoms with Gasteiger partial charge in [0.1, 0.15) is 0 Å². The van der Waals surface area contributed by atoms with Gasteiger partial charge in [0.05, 0.1) is 0 Å². The second kappa shape index (κ2) is 7.67. The molecule has 2 aromatic carbocycles. The molecule has 0 aliphatic heterocycles. The second-order valence-corrected chi connectivity index (χ2v) is 6.04. The maximum atomic E-state index is 2.48. The number of hydrogen-bond donors (Lipinski definition) is 0. The van der Waals surface area contributed by atoms with Crippen LogP contribution in [0.1, 0.15) is 24.5 Å². The van der Waals surface area contributed by atoms with Gasteiger partial charge in [0.15, 0.2) is 0 Å². The van der Waals surface area contributed by atoms with E-state index in [4.69, 9.17) is 0 Å². The number of halogens is 1. The van der Waals surface area contributed by atoms with Crippen molar-refractivity contribution in [1.82, 2.24) is 0 Å². The Hall–Kier alpha value is -1.03. The lowest BCUT2D eigenvalue weighted by Gasteiger charge is -2.28. The van der Waals surface area contributed by atoms with Gasteiger partial charge >= 0.3 is 0 Å². The Balaban J connectivity index is 2.44. The Kier molecular flexibility index (Phi) is 5.89. The molecule has 0 amide bonds. The van der Waals surface area contributed by atoms with Crippen molar-refractivity contribution in [2.24, 2.45) is 0 Å². The molecule has 0 aliphatic carbocycles. The largest absolute Gasteiger partial charge is 0.341 e. The van der Waals surface area contributed by atoms with Crippen LogP contribution in [0.25, 0.3) is 0 Å². The van der Waals surface area contributed by atoms with Gasteiger partial charge in [0.25, 0.3) is 0 Å². The van der Waals surface area contributed by atoms with E-state index >= 15 is 0 Å². The van der Waals surface area contributed by atoms with E-state index in [-0.39, 0.29) is 0 Å². The molecule has 0 radical (unpaired) electrons. The van der Waals surface area contributed by atoms with Crippen LogP contribution in [-0.4, -0.2) is 11.0 Å². The van der Waals surface area contributed by atoms with Crippen LogP contribution in [0.3, 0.4) is 0 Å². The third-order valence-electron chi connectivity index (χ3n) is 3.58. The van der Waals surface area contributed by atoms with Crippen LogP contribution in [0.5, 0.6) is 0 Å². The Morgan fingerprint density at radius 1 is 0.950 bits per heavy atom. The van der Waals surface area contributed by atoms with Crippen LogP contribution in [0.2, 0.25) is 0 Å². The summed E-state index contributed by atoms with van der Waals surface area (Å²) in [6.07, 6.45) is 2.27. The number of rotatable bonds is 6. The minimum atomic E-state index is 1.07. The number of benzene rings is 2. The van der Waals surface area contributed by atoms with Gasteiger partial charge in [-0.1, -0.05) is 65.9 Å². The average Bonchev–Trinajstić information content (AvgIpc) is 2.49. The zero-order valence-electron chi connectivity index (χ0n) is 12.3. The standard InChI is InChI=1S/C18H22IN/c1-3-16-10-5-7-12-18(16)20(14-8-13-19)17-11-6-4-9-15(17)2/h4-7,9-12H,3,8,13-14H2,1-2H3. The average molecular weight is 379 g/mol. The summed E-state index contributed by atoms with van der Waals surface area (Å²) in [5.74, 6) is 0. The van der Waals surface area contributed by atoms with Gasteiger partial charge in [-0.25, -0.2) is 0 Å². The highest BCUT2D eigenvalue weighted by atomic mass is 127. The molecule has 0 saturated heterocycles. The van der Waals surface area contributed by atoms with E-state index < -0.39 is 0 Å². The zero-order chi connectivity index (χ0) is 14.4. The molecule has 0 bridgehead atoms. The summed E-state index contributed by atoms with van der Waals surface area (Å²) < 4.78 is 1.19. The molecule has 0 spiro atoms. The van der Waals surface area contributed by atoms with Gasteiger partial charge in [0, 0.05) is 22.3 Å². The van der Waals surface area contributed by atoms with E-state index in [1.54, 1.807) is 0 Å². The molecule has 2 rings (SSSR count). The molecule has 0 unspecified atom stereocenters. The second-order valence-electron chi connectivity index (χ2n) is 4.96. The van der Waals surface area contributed by atoms with Crippen molar-refractivity contribution in [3.8, 4) is 0 Å². The summed E-state index contributed by atoms with van der Waals surface area (Å²) in [6, 6.07) is 17.4. The highest BCUT2D eigenvalue weighted by molar-refractivity contribution is 14.1. The SMILES string of the molecule is CCc1ccccc1N(CCCI)c1ccccc1C. The first kappa shape index (κ1) is 15.4. The Bertz CT molecular complexity index is 551. The monoisotopic (exact) mass is 379 g/mol. The molecule has 0 heterocycles. The van der Waals surface area contributed by atoms with Gasteiger partial charge in [-0.3, -0.25) is 0 Å². The lowest BCUT2D eigenvalue weighted by Crippen LogP contribution is -2.21. The van der Waals surface area contributed by atoms with E-state index in [1.165, 1.54) is 33.4 Å². The van der Waals surface area contributed by atoms with Crippen molar-refractivity contribution in [3.05, 3.63) is 59.7 Å². The minimum absolute atomic E-state index is 1.07. The number of alkyl halides is 1. The Labute approximate surface area is 136 Å². The molecule has 0 N–H and O–H groups in total. The molecule has 1 nitrogen and oxygen atoms in total. The molecule has 0 atom stereocenters. The highest BCUT2D eigenvalue weighted by Crippen LogP contribution is 2.31. The van der Waals surface area contributed by atoms with Gasteiger partial charge < -0.3 is 4.90 Å². The summed E-state index contributed by atoms with van der Waals surface area (Å²) in [5.41, 5.74) is 5.45. The first-order valence-corrected chi connectivity index (χ1v) is 8.77. The molecule has 2 aromatic rings. The van der Waals surface area contributed by atoms with Crippen molar-refractivity contribution in [2.75, 3.05) is 15.9 Å². The fourth-order valence-corrected chi connectivity index (χ4v) is 2.87. The topological polar surface area (TPSA) is 3.24 Å². The first-order valence-electron chi connectivity index (χ1n) is 7.25. The maximum absolute atomic E-state index is 2.48. The smallest absolute Gasteiger partial charge is 0.0443 e. The minimum Gasteiger partial charge on any atom is -0.341 e. The normalized spacial score (nSPS) is 10.6. The first-order chi connectivity index (χ1) is 9.77. The predicted octanol–water partition coefficient (Wildman–Crippen LogP) is 5.52. The number of hydrogen-bond acceptors (Lipinski definition) is 1. The molecule has 0 aliphatic rings. The summed E-state index contributed by atoms with van der Waals surface area (Å²) in [6.45, 7) is 5.50. The molecule has 106 valence electrons. The van der Waals surface area contributed by atoms with Crippen molar-refractivity contribution < 1.29 is 0 Å². The molecular weight excluding hydrogens is 357 g/mol. The van der Waals surface area contributed by atoms with E-state index in [1.807, 2.05) is 0 Å². The molecule has 20 heavy (non-hydrogen) atoms. The lowest BCUT2D eigenvalue weighted by atomic mass is 10.1. The van der Waals surface area contributed by atoms with E-state index in [0.717, 1.165) is 13.0 Å². The van der Waals surface area contributed by atoms with Crippen LogP contribution in [0, 0.1) is 6.92 Å².